The van der Waals surface area contributed by atoms with Gasteiger partial charge in [0.15, 0.2) is 0 Å². The van der Waals surface area contributed by atoms with Crippen molar-refractivity contribution in [3.05, 3.63) is 61.2 Å². The average molecular weight is 731 g/mol. The van der Waals surface area contributed by atoms with Crippen LogP contribution in [0.15, 0.2) is 55.6 Å². The zero-order valence-corrected chi connectivity index (χ0v) is 29.9. The predicted octanol–water partition coefficient (Wildman–Crippen LogP) is 4.86. The van der Waals surface area contributed by atoms with Crippen molar-refractivity contribution in [2.24, 2.45) is 11.8 Å². The van der Waals surface area contributed by atoms with E-state index in [1.807, 2.05) is 37.3 Å². The molecule has 4 rings (SSSR count). The SMILES string of the molecule is C=CCCC(=O)NC[C@H](OC(=O)[C@@H]1[C@H]2O[C@@]3(CC2Br)[C@H](C(=O)N(CC=C)C(C)CCC)N(CCCCCCO)C(=O)[C@@H]13)c1ccccc1. The maximum atomic E-state index is 14.6. The van der Waals surface area contributed by atoms with Crippen molar-refractivity contribution in [1.82, 2.24) is 15.1 Å². The van der Waals surface area contributed by atoms with Gasteiger partial charge in [-0.1, -0.05) is 84.6 Å². The largest absolute Gasteiger partial charge is 0.455 e. The number of ether oxygens (including phenoxy) is 2. The number of unbranched alkanes of at least 4 members (excludes halogenated alkanes) is 3. The minimum Gasteiger partial charge on any atom is -0.455 e. The second kappa shape index (κ2) is 17.6. The number of rotatable bonds is 20. The number of carbonyl (C=O) groups excluding carboxylic acids is 4. The van der Waals surface area contributed by atoms with Crippen molar-refractivity contribution < 1.29 is 33.8 Å². The number of aliphatic hydroxyl groups excluding tert-OH is 1. The molecule has 0 saturated carbocycles. The highest BCUT2D eigenvalue weighted by Gasteiger charge is 2.77. The zero-order valence-electron chi connectivity index (χ0n) is 28.4. The lowest BCUT2D eigenvalue weighted by molar-refractivity contribution is -0.160. The summed E-state index contributed by atoms with van der Waals surface area (Å²) in [5.41, 5.74) is -0.488. The lowest BCUT2D eigenvalue weighted by atomic mass is 9.70. The highest BCUT2D eigenvalue weighted by atomic mass is 79.9. The number of halogens is 1. The van der Waals surface area contributed by atoms with Gasteiger partial charge in [0.1, 0.15) is 17.7 Å². The van der Waals surface area contributed by atoms with Gasteiger partial charge in [0.05, 0.1) is 24.5 Å². The third-order valence-corrected chi connectivity index (χ3v) is 10.8. The van der Waals surface area contributed by atoms with Crippen LogP contribution in [0.1, 0.15) is 83.3 Å². The zero-order chi connectivity index (χ0) is 34.8. The van der Waals surface area contributed by atoms with Crippen LogP contribution in [-0.4, -0.2) is 93.5 Å². The van der Waals surface area contributed by atoms with E-state index in [2.05, 4.69) is 41.3 Å². The number of nitrogens with one attached hydrogen (secondary N) is 1. The van der Waals surface area contributed by atoms with Crippen LogP contribution in [0.4, 0.5) is 0 Å². The third-order valence-electron chi connectivity index (χ3n) is 9.94. The van der Waals surface area contributed by atoms with Crippen LogP contribution in [0.25, 0.3) is 0 Å². The van der Waals surface area contributed by atoms with Crippen LogP contribution in [0.2, 0.25) is 0 Å². The predicted molar refractivity (Wildman–Crippen MR) is 187 cm³/mol. The summed E-state index contributed by atoms with van der Waals surface area (Å²) >= 11 is 3.75. The van der Waals surface area contributed by atoms with E-state index < -0.39 is 41.7 Å². The topological polar surface area (TPSA) is 125 Å². The molecule has 10 nitrogen and oxygen atoms in total. The van der Waals surface area contributed by atoms with Gasteiger partial charge in [0.25, 0.3) is 0 Å². The number of aliphatic hydroxyl groups is 1. The van der Waals surface area contributed by atoms with Crippen molar-refractivity contribution in [2.75, 3.05) is 26.2 Å². The summed E-state index contributed by atoms with van der Waals surface area (Å²) in [7, 11) is 0. The number of benzene rings is 1. The molecule has 0 radical (unpaired) electrons. The molecule has 3 fully saturated rings. The lowest BCUT2D eigenvalue weighted by Gasteiger charge is -2.39. The molecule has 3 aliphatic heterocycles. The molecular formula is C37H52BrN3O7. The molecule has 3 aliphatic rings. The van der Waals surface area contributed by atoms with Crippen LogP contribution in [0.3, 0.4) is 0 Å². The Hall–Kier alpha value is -3.02. The van der Waals surface area contributed by atoms with Crippen LogP contribution in [0, 0.1) is 11.8 Å². The number of hydrogen-bond donors (Lipinski definition) is 2. The third kappa shape index (κ3) is 8.05. The van der Waals surface area contributed by atoms with Crippen molar-refractivity contribution >= 4 is 39.6 Å². The molecule has 3 saturated heterocycles. The smallest absolute Gasteiger partial charge is 0.313 e. The summed E-state index contributed by atoms with van der Waals surface area (Å²) in [6, 6.07) is 8.22. The molecule has 2 unspecified atom stereocenters. The Kier molecular flexibility index (Phi) is 13.8. The van der Waals surface area contributed by atoms with Gasteiger partial charge in [-0.15, -0.1) is 13.2 Å². The number of hydrogen-bond acceptors (Lipinski definition) is 7. The summed E-state index contributed by atoms with van der Waals surface area (Å²) in [6.45, 7) is 12.5. The van der Waals surface area contributed by atoms with Crippen molar-refractivity contribution in [2.45, 2.75) is 106 Å². The Balaban J connectivity index is 1.66. The van der Waals surface area contributed by atoms with E-state index in [4.69, 9.17) is 9.47 Å². The van der Waals surface area contributed by atoms with Crippen molar-refractivity contribution in [3.63, 3.8) is 0 Å². The maximum absolute atomic E-state index is 14.6. The van der Waals surface area contributed by atoms with Crippen LogP contribution >= 0.6 is 15.9 Å². The Morgan fingerprint density at radius 2 is 1.92 bits per heavy atom. The normalized spacial score (nSPS) is 26.9. The Morgan fingerprint density at radius 1 is 1.19 bits per heavy atom. The van der Waals surface area contributed by atoms with E-state index in [-0.39, 0.29) is 48.2 Å². The number of carbonyl (C=O) groups is 4. The molecule has 1 aromatic carbocycles. The molecule has 0 aliphatic carbocycles. The molecule has 8 atom stereocenters. The summed E-state index contributed by atoms with van der Waals surface area (Å²) < 4.78 is 12.9. The minimum absolute atomic E-state index is 0.0678. The molecule has 0 aromatic heterocycles. The number of amides is 3. The van der Waals surface area contributed by atoms with Crippen LogP contribution in [-0.2, 0) is 28.7 Å². The maximum Gasteiger partial charge on any atom is 0.313 e. The number of alkyl halides is 1. The second-order valence-corrected chi connectivity index (χ2v) is 14.4. The van der Waals surface area contributed by atoms with E-state index in [0.717, 1.165) is 25.7 Å². The number of fused-ring (bicyclic) bond motifs is 1. The molecule has 2 N–H and O–H groups in total. The van der Waals surface area contributed by atoms with Gasteiger partial charge < -0.3 is 29.7 Å². The second-order valence-electron chi connectivity index (χ2n) is 13.2. The molecule has 1 aromatic rings. The first-order chi connectivity index (χ1) is 23.1. The first-order valence-corrected chi connectivity index (χ1v) is 18.3. The average Bonchev–Trinajstić information content (AvgIpc) is 3.67. The molecular weight excluding hydrogens is 678 g/mol. The Bertz CT molecular complexity index is 1290. The number of likely N-dealkylation sites (tertiary alicyclic amines) is 1. The Morgan fingerprint density at radius 3 is 2.58 bits per heavy atom. The lowest BCUT2D eigenvalue weighted by Crippen LogP contribution is -2.58. The fourth-order valence-electron chi connectivity index (χ4n) is 7.67. The first-order valence-electron chi connectivity index (χ1n) is 17.4. The molecule has 11 heteroatoms. The number of esters is 1. The fraction of sp³-hybridized carbons (Fsp3) is 0.622. The molecule has 264 valence electrons. The quantitative estimate of drug-likeness (QED) is 0.0851. The summed E-state index contributed by atoms with van der Waals surface area (Å²) in [6.07, 6.45) is 7.74. The summed E-state index contributed by atoms with van der Waals surface area (Å²) in [5, 5.41) is 12.1. The van der Waals surface area contributed by atoms with E-state index in [0.29, 0.717) is 44.3 Å². The van der Waals surface area contributed by atoms with Gasteiger partial charge in [-0.2, -0.15) is 0 Å². The van der Waals surface area contributed by atoms with E-state index in [1.54, 1.807) is 22.0 Å². The highest BCUT2D eigenvalue weighted by molar-refractivity contribution is 9.09. The van der Waals surface area contributed by atoms with Crippen LogP contribution < -0.4 is 5.32 Å². The monoisotopic (exact) mass is 729 g/mol. The molecule has 48 heavy (non-hydrogen) atoms. The van der Waals surface area contributed by atoms with Crippen molar-refractivity contribution in [3.8, 4) is 0 Å². The van der Waals surface area contributed by atoms with Gasteiger partial charge in [-0.25, -0.2) is 0 Å². The summed E-state index contributed by atoms with van der Waals surface area (Å²) in [5.74, 6) is -3.06. The van der Waals surface area contributed by atoms with Crippen LogP contribution in [0.5, 0.6) is 0 Å². The standard InChI is InChI=1S/C37H52BrN3O7/c1-5-8-19-29(43)39-24-28(26-17-12-11-13-18-26)47-36(46)30-31-34(44)41(21-14-9-10-15-22-42)33(37(31)23-27(38)32(30)48-37)35(45)40(20-7-3)25(4)16-6-2/h5,7,11-13,17-18,25,27-28,30-33,42H,1,3,6,8-10,14-16,19-24H2,2,4H3,(H,39,43)/t25?,27?,28-,30-,31+,32-,33-,37+/m0/s1. The van der Waals surface area contributed by atoms with Gasteiger partial charge in [0.2, 0.25) is 17.7 Å². The van der Waals surface area contributed by atoms with E-state index in [1.165, 1.54) is 0 Å². The highest BCUT2D eigenvalue weighted by Crippen LogP contribution is 2.60. The van der Waals surface area contributed by atoms with Gasteiger partial charge in [-0.05, 0) is 44.6 Å². The Labute approximate surface area is 293 Å². The number of allylic oxidation sites excluding steroid dienone is 1. The minimum atomic E-state index is -1.20. The first kappa shape index (κ1) is 37.8. The van der Waals surface area contributed by atoms with Gasteiger partial charge in [0, 0.05) is 37.0 Å². The van der Waals surface area contributed by atoms with Crippen molar-refractivity contribution in [1.29, 1.82) is 0 Å². The fourth-order valence-corrected chi connectivity index (χ4v) is 8.61. The molecule has 3 amide bonds. The molecule has 1 spiro atoms. The van der Waals surface area contributed by atoms with Gasteiger partial charge >= 0.3 is 5.97 Å². The molecule has 2 bridgehead atoms. The molecule has 3 heterocycles. The number of nitrogens with zero attached hydrogens (tertiary/aromatic N) is 2. The van der Waals surface area contributed by atoms with Gasteiger partial charge in [-0.3, -0.25) is 19.2 Å². The van der Waals surface area contributed by atoms with E-state index in [9.17, 15) is 24.3 Å². The summed E-state index contributed by atoms with van der Waals surface area (Å²) in [4.78, 5) is 59.0. The van der Waals surface area contributed by atoms with E-state index >= 15 is 0 Å².